The highest BCUT2D eigenvalue weighted by atomic mass is 19.4. The summed E-state index contributed by atoms with van der Waals surface area (Å²) in [5.74, 6) is -2.33. The highest BCUT2D eigenvalue weighted by molar-refractivity contribution is 5.97. The molecule has 1 rings (SSSR count). The maximum Gasteiger partial charge on any atom is 0.412 e. The summed E-state index contributed by atoms with van der Waals surface area (Å²) < 4.78 is 77.7. The Balaban J connectivity index is 3.25. The lowest BCUT2D eigenvalue weighted by Gasteiger charge is -2.35. The fraction of sp³-hybridized carbons (Fsp3) is 0.417. The van der Waals surface area contributed by atoms with Crippen molar-refractivity contribution in [2.24, 2.45) is 5.41 Å². The monoisotopic (exact) mass is 345 g/mol. The largest absolute Gasteiger partial charge is 0.733 e. The fourth-order valence-corrected chi connectivity index (χ4v) is 1.92. The molecular weight excluding hydrogens is 334 g/mol. The molecule has 0 radical (unpaired) electrons. The molecule has 1 aromatic rings. The third kappa shape index (κ3) is 3.50. The maximum absolute atomic E-state index is 13.0. The van der Waals surface area contributed by atoms with E-state index < -0.39 is 46.7 Å². The summed E-state index contributed by atoms with van der Waals surface area (Å²) in [6.07, 6.45) is -13.3. The van der Waals surface area contributed by atoms with Gasteiger partial charge in [-0.1, -0.05) is 13.0 Å². The van der Waals surface area contributed by atoms with Crippen LogP contribution in [0.2, 0.25) is 0 Å². The van der Waals surface area contributed by atoms with E-state index in [2.05, 4.69) is 0 Å². The Morgan fingerprint density at radius 1 is 1.22 bits per heavy atom. The first kappa shape index (κ1) is 19.0. The van der Waals surface area contributed by atoms with Crippen molar-refractivity contribution < 1.29 is 36.3 Å². The number of alkyl halides is 6. The minimum absolute atomic E-state index is 0.482. The number of amides is 1. The van der Waals surface area contributed by atoms with Crippen LogP contribution in [0.15, 0.2) is 24.3 Å². The van der Waals surface area contributed by atoms with Gasteiger partial charge in [-0.15, -0.1) is 0 Å². The van der Waals surface area contributed by atoms with Crippen LogP contribution < -0.4 is 10.5 Å². The number of benzene rings is 1. The number of rotatable bonds is 4. The van der Waals surface area contributed by atoms with Crippen LogP contribution in [0, 0.1) is 10.6 Å². The van der Waals surface area contributed by atoms with Gasteiger partial charge in [0.15, 0.2) is 0 Å². The van der Waals surface area contributed by atoms with E-state index in [1.165, 1.54) is 5.32 Å². The van der Waals surface area contributed by atoms with Gasteiger partial charge in [0.1, 0.15) is 0 Å². The molecule has 0 aliphatic carbocycles. The predicted molar refractivity (Wildman–Crippen MR) is 67.5 cm³/mol. The molecule has 11 heteroatoms. The van der Waals surface area contributed by atoms with Gasteiger partial charge in [-0.2, -0.15) is 26.3 Å². The van der Waals surface area contributed by atoms with Crippen molar-refractivity contribution in [3.63, 3.8) is 0 Å². The zero-order chi connectivity index (χ0) is 18.1. The van der Waals surface area contributed by atoms with Gasteiger partial charge in [-0.05, 0) is 24.6 Å². The third-order valence-corrected chi connectivity index (χ3v) is 3.21. The van der Waals surface area contributed by atoms with E-state index >= 15 is 0 Å². The Bertz CT molecular complexity index is 557. The standard InChI is InChI=1S/C12H11F6N2O3/c1-2-10(11(13,14)15,12(16,17)18)9(21)19-7-4-3-5-8(6-7)20(22)23/h3-6,22H,2H2,1H3,(H,19,21)/q-1. The van der Waals surface area contributed by atoms with Crippen LogP contribution in [-0.4, -0.2) is 23.5 Å². The second-order valence-electron chi connectivity index (χ2n) is 4.53. The lowest BCUT2D eigenvalue weighted by Crippen LogP contribution is -2.57. The van der Waals surface area contributed by atoms with Crippen molar-refractivity contribution in [3.8, 4) is 0 Å². The van der Waals surface area contributed by atoms with Gasteiger partial charge in [-0.25, -0.2) is 0 Å². The fourth-order valence-electron chi connectivity index (χ4n) is 1.92. The van der Waals surface area contributed by atoms with Crippen molar-refractivity contribution in [1.29, 1.82) is 0 Å². The Labute approximate surface area is 126 Å². The second kappa shape index (κ2) is 6.24. The molecule has 0 atom stereocenters. The van der Waals surface area contributed by atoms with Crippen LogP contribution in [0.5, 0.6) is 0 Å². The summed E-state index contributed by atoms with van der Waals surface area (Å²) in [5, 5.41) is 20.1. The lowest BCUT2D eigenvalue weighted by molar-refractivity contribution is -0.324. The molecule has 0 aromatic heterocycles. The number of carbonyl (C=O) groups is 1. The van der Waals surface area contributed by atoms with Crippen molar-refractivity contribution in [3.05, 3.63) is 29.5 Å². The normalized spacial score (nSPS) is 12.9. The first-order valence-electron chi connectivity index (χ1n) is 6.08. The van der Waals surface area contributed by atoms with Crippen LogP contribution in [0.4, 0.5) is 37.7 Å². The van der Waals surface area contributed by atoms with Crippen LogP contribution in [0.1, 0.15) is 13.3 Å². The van der Waals surface area contributed by atoms with Crippen LogP contribution in [0.25, 0.3) is 0 Å². The number of nitrogens with zero attached hydrogens (tertiary/aromatic N) is 1. The van der Waals surface area contributed by atoms with E-state index in [0.29, 0.717) is 6.92 Å². The van der Waals surface area contributed by atoms with Gasteiger partial charge in [0.25, 0.3) is 0 Å². The summed E-state index contributed by atoms with van der Waals surface area (Å²) in [4.78, 5) is 11.7. The summed E-state index contributed by atoms with van der Waals surface area (Å²) in [5.41, 5.74) is -5.58. The van der Waals surface area contributed by atoms with Crippen molar-refractivity contribution in [2.75, 3.05) is 10.5 Å². The molecule has 23 heavy (non-hydrogen) atoms. The molecule has 1 amide bonds. The Hall–Kier alpha value is -2.01. The van der Waals surface area contributed by atoms with Crippen molar-refractivity contribution >= 4 is 17.3 Å². The Morgan fingerprint density at radius 3 is 2.13 bits per heavy atom. The van der Waals surface area contributed by atoms with Crippen molar-refractivity contribution in [1.82, 2.24) is 0 Å². The number of halogens is 6. The third-order valence-electron chi connectivity index (χ3n) is 3.21. The van der Waals surface area contributed by atoms with E-state index in [9.17, 15) is 36.3 Å². The summed E-state index contributed by atoms with van der Waals surface area (Å²) in [7, 11) is 0. The van der Waals surface area contributed by atoms with Crippen LogP contribution >= 0.6 is 0 Å². The summed E-state index contributed by atoms with van der Waals surface area (Å²) in [6.45, 7) is 0.587. The molecule has 5 nitrogen and oxygen atoms in total. The zero-order valence-electron chi connectivity index (χ0n) is 11.5. The SMILES string of the molecule is CCC(C(=O)Nc1cccc(N([O-])O)c1)(C(F)(F)F)C(F)(F)F. The molecule has 0 spiro atoms. The number of nitrogens with one attached hydrogen (secondary N) is 1. The molecule has 0 aliphatic heterocycles. The number of hydrogen-bond acceptors (Lipinski definition) is 4. The lowest BCUT2D eigenvalue weighted by atomic mass is 9.82. The maximum atomic E-state index is 13.0. The average molecular weight is 345 g/mol. The van der Waals surface area contributed by atoms with Crippen LogP contribution in [0.3, 0.4) is 0 Å². The first-order valence-corrected chi connectivity index (χ1v) is 6.08. The van der Waals surface area contributed by atoms with Gasteiger partial charge in [-0.3, -0.25) is 10.0 Å². The van der Waals surface area contributed by atoms with Gasteiger partial charge < -0.3 is 15.8 Å². The minimum atomic E-state index is -5.87. The van der Waals surface area contributed by atoms with Gasteiger partial charge in [0, 0.05) is 5.69 Å². The smallest absolute Gasteiger partial charge is 0.412 e. The van der Waals surface area contributed by atoms with Gasteiger partial charge in [0.05, 0.1) is 5.69 Å². The molecule has 0 heterocycles. The van der Waals surface area contributed by atoms with Gasteiger partial charge in [0.2, 0.25) is 11.3 Å². The summed E-state index contributed by atoms with van der Waals surface area (Å²) >= 11 is 0. The molecular formula is C12H11F6N2O3-. The Morgan fingerprint density at radius 2 is 1.74 bits per heavy atom. The quantitative estimate of drug-likeness (QED) is 0.642. The van der Waals surface area contributed by atoms with E-state index in [1.54, 1.807) is 0 Å². The predicted octanol–water partition coefficient (Wildman–Crippen LogP) is 3.84. The highest BCUT2D eigenvalue weighted by Gasteiger charge is 2.74. The molecule has 0 unspecified atom stereocenters. The topological polar surface area (TPSA) is 75.6 Å². The number of anilines is 2. The molecule has 0 saturated carbocycles. The minimum Gasteiger partial charge on any atom is -0.733 e. The molecule has 130 valence electrons. The van der Waals surface area contributed by atoms with E-state index in [1.807, 2.05) is 0 Å². The number of hydrogen-bond donors (Lipinski definition) is 2. The molecule has 1 aromatic carbocycles. The van der Waals surface area contributed by atoms with E-state index in [-0.39, 0.29) is 0 Å². The summed E-state index contributed by atoms with van der Waals surface area (Å²) in [6, 6.07) is 3.78. The number of carbonyl (C=O) groups excluding carboxylic acids is 1. The van der Waals surface area contributed by atoms with Gasteiger partial charge >= 0.3 is 12.4 Å². The molecule has 0 fully saturated rings. The average Bonchev–Trinajstić information content (AvgIpc) is 2.36. The van der Waals surface area contributed by atoms with E-state index in [0.717, 1.165) is 24.3 Å². The molecule has 0 aliphatic rings. The molecule has 0 saturated heterocycles. The first-order chi connectivity index (χ1) is 10.4. The van der Waals surface area contributed by atoms with Crippen LogP contribution in [-0.2, 0) is 4.79 Å². The van der Waals surface area contributed by atoms with E-state index in [4.69, 9.17) is 5.21 Å². The zero-order valence-corrected chi connectivity index (χ0v) is 11.5. The molecule has 0 bridgehead atoms. The molecule has 2 N–H and O–H groups in total. The Kier molecular flexibility index (Phi) is 5.16. The highest BCUT2D eigenvalue weighted by Crippen LogP contribution is 2.53. The second-order valence-corrected chi connectivity index (χ2v) is 4.53. The van der Waals surface area contributed by atoms with Crippen molar-refractivity contribution in [2.45, 2.75) is 25.7 Å².